The van der Waals surface area contributed by atoms with Crippen molar-refractivity contribution in [2.24, 2.45) is 7.05 Å². The molecule has 0 spiro atoms. The number of nitrogens with zero attached hydrogens (tertiary/aromatic N) is 2. The Morgan fingerprint density at radius 2 is 2.20 bits per heavy atom. The molecule has 0 saturated carbocycles. The van der Waals surface area contributed by atoms with E-state index in [4.69, 9.17) is 10.5 Å². The molecule has 0 atom stereocenters. The Hall–Kier alpha value is -1.69. The maximum atomic E-state index is 6.17. The lowest BCUT2D eigenvalue weighted by Crippen LogP contribution is -2.02. The Morgan fingerprint density at radius 1 is 1.45 bits per heavy atom. The third kappa shape index (κ3) is 2.90. The lowest BCUT2D eigenvalue weighted by molar-refractivity contribution is 0.416. The molecule has 0 bridgehead atoms. The maximum Gasteiger partial charge on any atom is 0.152 e. The fourth-order valence-electron chi connectivity index (χ4n) is 2.07. The van der Waals surface area contributed by atoms with Gasteiger partial charge < -0.3 is 15.8 Å². The summed E-state index contributed by atoms with van der Waals surface area (Å²) in [6, 6.07) is 5.77. The molecule has 0 amide bonds. The van der Waals surface area contributed by atoms with Crippen LogP contribution < -0.4 is 15.8 Å². The molecule has 1 heterocycles. The summed E-state index contributed by atoms with van der Waals surface area (Å²) >= 11 is 3.46. The summed E-state index contributed by atoms with van der Waals surface area (Å²) < 4.78 is 8.09. The van der Waals surface area contributed by atoms with Crippen LogP contribution in [0.3, 0.4) is 0 Å². The third-order valence-corrected chi connectivity index (χ3v) is 3.55. The standard InChI is InChI=1S/C14H19BrN4O/c1-4-5-10-13(16)14(19(2)18-10)17-11-8-9(15)6-7-12(11)20-3/h6-8,17H,4-5,16H2,1-3H3. The van der Waals surface area contributed by atoms with E-state index in [9.17, 15) is 0 Å². The fraction of sp³-hybridized carbons (Fsp3) is 0.357. The zero-order valence-electron chi connectivity index (χ0n) is 11.9. The molecule has 0 aliphatic heterocycles. The van der Waals surface area contributed by atoms with Crippen LogP contribution in [0.1, 0.15) is 19.0 Å². The van der Waals surface area contributed by atoms with Crippen molar-refractivity contribution >= 4 is 33.1 Å². The number of methoxy groups -OCH3 is 1. The molecule has 108 valence electrons. The number of anilines is 3. The molecule has 1 aromatic heterocycles. The van der Waals surface area contributed by atoms with Crippen LogP contribution in [0, 0.1) is 0 Å². The van der Waals surface area contributed by atoms with Crippen molar-refractivity contribution < 1.29 is 4.74 Å². The van der Waals surface area contributed by atoms with Gasteiger partial charge in [-0.05, 0) is 24.6 Å². The minimum atomic E-state index is 0.691. The van der Waals surface area contributed by atoms with Gasteiger partial charge in [-0.3, -0.25) is 4.68 Å². The van der Waals surface area contributed by atoms with E-state index in [1.807, 2.05) is 25.2 Å². The Morgan fingerprint density at radius 3 is 2.85 bits per heavy atom. The summed E-state index contributed by atoms with van der Waals surface area (Å²) in [5.41, 5.74) is 8.63. The van der Waals surface area contributed by atoms with Gasteiger partial charge in [0.15, 0.2) is 5.82 Å². The van der Waals surface area contributed by atoms with Crippen LogP contribution >= 0.6 is 15.9 Å². The summed E-state index contributed by atoms with van der Waals surface area (Å²) in [7, 11) is 3.52. The summed E-state index contributed by atoms with van der Waals surface area (Å²) in [5, 5.41) is 7.75. The lowest BCUT2D eigenvalue weighted by Gasteiger charge is -2.12. The van der Waals surface area contributed by atoms with Gasteiger partial charge in [0.25, 0.3) is 0 Å². The number of nitrogens with one attached hydrogen (secondary N) is 1. The first-order chi connectivity index (χ1) is 9.56. The van der Waals surface area contributed by atoms with Crippen LogP contribution in [-0.2, 0) is 13.5 Å². The number of nitrogen functional groups attached to an aromatic ring is 1. The fourth-order valence-corrected chi connectivity index (χ4v) is 2.43. The van der Waals surface area contributed by atoms with Gasteiger partial charge in [-0.25, -0.2) is 0 Å². The Labute approximate surface area is 127 Å². The van der Waals surface area contributed by atoms with Crippen LogP contribution in [0.4, 0.5) is 17.2 Å². The van der Waals surface area contributed by atoms with Gasteiger partial charge in [0.05, 0.1) is 24.2 Å². The molecule has 0 saturated heterocycles. The molecule has 2 aromatic rings. The first-order valence-corrected chi connectivity index (χ1v) is 7.28. The minimum absolute atomic E-state index is 0.691. The summed E-state index contributed by atoms with van der Waals surface area (Å²) in [5.74, 6) is 1.54. The number of rotatable bonds is 5. The summed E-state index contributed by atoms with van der Waals surface area (Å²) in [4.78, 5) is 0. The molecule has 20 heavy (non-hydrogen) atoms. The largest absolute Gasteiger partial charge is 0.495 e. The SMILES string of the molecule is CCCc1nn(C)c(Nc2cc(Br)ccc2OC)c1N. The number of aryl methyl sites for hydroxylation is 2. The average molecular weight is 339 g/mol. The first-order valence-electron chi connectivity index (χ1n) is 6.48. The predicted molar refractivity (Wildman–Crippen MR) is 85.6 cm³/mol. The van der Waals surface area contributed by atoms with Crippen LogP contribution in [0.2, 0.25) is 0 Å². The highest BCUT2D eigenvalue weighted by Crippen LogP contribution is 2.33. The highest BCUT2D eigenvalue weighted by Gasteiger charge is 2.14. The second kappa shape index (κ2) is 6.17. The molecule has 6 heteroatoms. The van der Waals surface area contributed by atoms with E-state index in [-0.39, 0.29) is 0 Å². The van der Waals surface area contributed by atoms with Gasteiger partial charge in [0.1, 0.15) is 5.75 Å². The van der Waals surface area contributed by atoms with Crippen molar-refractivity contribution in [3.8, 4) is 5.75 Å². The Bertz CT molecular complexity index is 609. The molecule has 2 rings (SSSR count). The van der Waals surface area contributed by atoms with Gasteiger partial charge in [0, 0.05) is 11.5 Å². The first kappa shape index (κ1) is 14.7. The zero-order chi connectivity index (χ0) is 14.7. The van der Waals surface area contributed by atoms with Gasteiger partial charge in [-0.2, -0.15) is 5.10 Å². The van der Waals surface area contributed by atoms with Gasteiger partial charge in [-0.1, -0.05) is 29.3 Å². The molecule has 0 radical (unpaired) electrons. The second-order valence-corrected chi connectivity index (χ2v) is 5.47. The van der Waals surface area contributed by atoms with Crippen molar-refractivity contribution in [1.29, 1.82) is 0 Å². The van der Waals surface area contributed by atoms with E-state index in [1.165, 1.54) is 0 Å². The van der Waals surface area contributed by atoms with Crippen LogP contribution in [0.25, 0.3) is 0 Å². The molecule has 3 N–H and O–H groups in total. The van der Waals surface area contributed by atoms with E-state index in [2.05, 4.69) is 33.3 Å². The third-order valence-electron chi connectivity index (χ3n) is 3.06. The Kier molecular flexibility index (Phi) is 4.54. The normalized spacial score (nSPS) is 10.6. The summed E-state index contributed by atoms with van der Waals surface area (Å²) in [6.45, 7) is 2.11. The number of ether oxygens (including phenoxy) is 1. The van der Waals surface area contributed by atoms with Crippen molar-refractivity contribution in [2.45, 2.75) is 19.8 Å². The van der Waals surface area contributed by atoms with E-state index >= 15 is 0 Å². The second-order valence-electron chi connectivity index (χ2n) is 4.55. The zero-order valence-corrected chi connectivity index (χ0v) is 13.5. The predicted octanol–water partition coefficient (Wildman–Crippen LogP) is 3.47. The van der Waals surface area contributed by atoms with E-state index in [0.717, 1.165) is 40.3 Å². The van der Waals surface area contributed by atoms with Crippen molar-refractivity contribution in [2.75, 3.05) is 18.2 Å². The highest BCUT2D eigenvalue weighted by molar-refractivity contribution is 9.10. The van der Waals surface area contributed by atoms with Crippen molar-refractivity contribution in [1.82, 2.24) is 9.78 Å². The molecule has 1 aromatic carbocycles. The smallest absolute Gasteiger partial charge is 0.152 e. The van der Waals surface area contributed by atoms with Gasteiger partial charge in [-0.15, -0.1) is 0 Å². The van der Waals surface area contributed by atoms with Crippen LogP contribution in [-0.4, -0.2) is 16.9 Å². The molecule has 0 aliphatic carbocycles. The van der Waals surface area contributed by atoms with Crippen molar-refractivity contribution in [3.05, 3.63) is 28.4 Å². The molecule has 0 unspecified atom stereocenters. The number of nitrogens with two attached hydrogens (primary N) is 1. The van der Waals surface area contributed by atoms with E-state index in [0.29, 0.717) is 5.69 Å². The maximum absolute atomic E-state index is 6.17. The van der Waals surface area contributed by atoms with Gasteiger partial charge in [0.2, 0.25) is 0 Å². The number of hydrogen-bond donors (Lipinski definition) is 2. The summed E-state index contributed by atoms with van der Waals surface area (Å²) in [6.07, 6.45) is 1.89. The molecule has 0 fully saturated rings. The lowest BCUT2D eigenvalue weighted by atomic mass is 10.2. The molecule has 0 aliphatic rings. The van der Waals surface area contributed by atoms with E-state index in [1.54, 1.807) is 11.8 Å². The van der Waals surface area contributed by atoms with E-state index < -0.39 is 0 Å². The quantitative estimate of drug-likeness (QED) is 0.875. The Balaban J connectivity index is 2.37. The molecular weight excluding hydrogens is 320 g/mol. The van der Waals surface area contributed by atoms with Gasteiger partial charge >= 0.3 is 0 Å². The van der Waals surface area contributed by atoms with Crippen LogP contribution in [0.15, 0.2) is 22.7 Å². The van der Waals surface area contributed by atoms with Crippen molar-refractivity contribution in [3.63, 3.8) is 0 Å². The monoisotopic (exact) mass is 338 g/mol. The molecule has 5 nitrogen and oxygen atoms in total. The number of halogens is 1. The molecular formula is C14H19BrN4O. The minimum Gasteiger partial charge on any atom is -0.495 e. The average Bonchev–Trinajstić information content (AvgIpc) is 2.67. The number of aromatic nitrogens is 2. The highest BCUT2D eigenvalue weighted by atomic mass is 79.9. The number of benzene rings is 1. The topological polar surface area (TPSA) is 65.1 Å². The number of hydrogen-bond acceptors (Lipinski definition) is 4. The van der Waals surface area contributed by atoms with Crippen LogP contribution in [0.5, 0.6) is 5.75 Å².